The predicted octanol–water partition coefficient (Wildman–Crippen LogP) is 0.944. The van der Waals surface area contributed by atoms with Crippen LogP contribution >= 0.6 is 11.3 Å². The van der Waals surface area contributed by atoms with Crippen LogP contribution in [0.25, 0.3) is 0 Å². The highest BCUT2D eigenvalue weighted by Gasteiger charge is 2.26. The lowest BCUT2D eigenvalue weighted by Gasteiger charge is -2.33. The van der Waals surface area contributed by atoms with Gasteiger partial charge < -0.3 is 4.90 Å². The first-order valence-corrected chi connectivity index (χ1v) is 12.7. The number of nitrogens with zero attached hydrogens (tertiary/aromatic N) is 2. The van der Waals surface area contributed by atoms with Gasteiger partial charge in [0.15, 0.2) is 0 Å². The summed E-state index contributed by atoms with van der Waals surface area (Å²) in [5.41, 5.74) is 0.366. The number of thiophene rings is 1. The van der Waals surface area contributed by atoms with Crippen LogP contribution in [0.3, 0.4) is 0 Å². The average molecular weight is 444 g/mol. The van der Waals surface area contributed by atoms with Gasteiger partial charge in [-0.3, -0.25) is 4.79 Å². The van der Waals surface area contributed by atoms with Crippen LogP contribution in [0.4, 0.5) is 0 Å². The molecule has 8 nitrogen and oxygen atoms in total. The molecule has 2 heterocycles. The number of carbonyl (C=O) groups is 1. The molecule has 28 heavy (non-hydrogen) atoms. The van der Waals surface area contributed by atoms with E-state index in [1.807, 2.05) is 17.5 Å². The van der Waals surface area contributed by atoms with Gasteiger partial charge >= 0.3 is 0 Å². The Kier molecular flexibility index (Phi) is 6.20. The van der Waals surface area contributed by atoms with Crippen LogP contribution in [0.5, 0.6) is 0 Å². The summed E-state index contributed by atoms with van der Waals surface area (Å²) < 4.78 is 51.7. The van der Waals surface area contributed by atoms with Crippen LogP contribution in [-0.2, 0) is 26.6 Å². The molecule has 0 atom stereocenters. The summed E-state index contributed by atoms with van der Waals surface area (Å²) in [4.78, 5) is 15.2. The minimum absolute atomic E-state index is 0.0856. The molecule has 0 radical (unpaired) electrons. The van der Waals surface area contributed by atoms with E-state index in [9.17, 15) is 21.6 Å². The summed E-state index contributed by atoms with van der Waals surface area (Å²) in [6.45, 7) is 1.32. The van der Waals surface area contributed by atoms with E-state index >= 15 is 0 Å². The molecule has 1 aromatic carbocycles. The first kappa shape index (κ1) is 20.9. The highest BCUT2D eigenvalue weighted by Crippen LogP contribution is 2.16. The molecular weight excluding hydrogens is 422 g/mol. The number of carbonyl (C=O) groups excluding carboxylic acids is 1. The third-order valence-electron chi connectivity index (χ3n) is 4.42. The van der Waals surface area contributed by atoms with Crippen LogP contribution in [0, 0.1) is 0 Å². The fourth-order valence-electron chi connectivity index (χ4n) is 2.84. The maximum absolute atomic E-state index is 12.6. The zero-order valence-corrected chi connectivity index (χ0v) is 17.7. The molecule has 0 unspecified atom stereocenters. The zero-order valence-electron chi connectivity index (χ0n) is 15.2. The fraction of sp³-hybridized carbons (Fsp3) is 0.353. The molecule has 0 spiro atoms. The summed E-state index contributed by atoms with van der Waals surface area (Å²) in [6, 6.07) is 9.45. The third-order valence-corrected chi connectivity index (χ3v) is 8.02. The molecule has 1 aromatic heterocycles. The predicted molar refractivity (Wildman–Crippen MR) is 107 cm³/mol. The summed E-state index contributed by atoms with van der Waals surface area (Å²) in [7, 11) is -6.93. The number of hydrogen-bond acceptors (Lipinski definition) is 6. The Morgan fingerprint density at radius 1 is 1.04 bits per heavy atom. The van der Waals surface area contributed by atoms with Gasteiger partial charge in [-0.2, -0.15) is 4.31 Å². The molecule has 1 amide bonds. The van der Waals surface area contributed by atoms with Crippen molar-refractivity contribution in [2.45, 2.75) is 11.4 Å². The molecule has 0 aliphatic carbocycles. The standard InChI is InChI=1S/C17H21N3O5S3/c1-27(22,23)20-10-8-19(9-11-20)17(21)14-4-6-16(7-5-14)28(24,25)18-13-15-3-2-12-26-15/h2-7,12,18H,8-11,13H2,1H3. The topological polar surface area (TPSA) is 104 Å². The molecule has 1 aliphatic rings. The van der Waals surface area contributed by atoms with E-state index in [1.165, 1.54) is 39.9 Å². The van der Waals surface area contributed by atoms with Gasteiger partial charge in [0, 0.05) is 43.2 Å². The number of amides is 1. The Labute approximate surface area is 168 Å². The Morgan fingerprint density at radius 2 is 1.68 bits per heavy atom. The Balaban J connectivity index is 1.63. The molecule has 1 saturated heterocycles. The lowest BCUT2D eigenvalue weighted by molar-refractivity contribution is 0.0698. The second-order valence-corrected chi connectivity index (χ2v) is 11.2. The quantitative estimate of drug-likeness (QED) is 0.716. The van der Waals surface area contributed by atoms with Crippen molar-refractivity contribution in [2.75, 3.05) is 32.4 Å². The van der Waals surface area contributed by atoms with Crippen molar-refractivity contribution in [2.24, 2.45) is 0 Å². The first-order valence-electron chi connectivity index (χ1n) is 8.53. The molecule has 11 heteroatoms. The van der Waals surface area contributed by atoms with Crippen LogP contribution < -0.4 is 4.72 Å². The van der Waals surface area contributed by atoms with Crippen LogP contribution in [-0.4, -0.2) is 64.4 Å². The van der Waals surface area contributed by atoms with Crippen LogP contribution in [0.2, 0.25) is 0 Å². The smallest absolute Gasteiger partial charge is 0.253 e. The molecular formula is C17H21N3O5S3. The number of rotatable bonds is 6. The van der Waals surface area contributed by atoms with E-state index < -0.39 is 20.0 Å². The molecule has 1 N–H and O–H groups in total. The fourth-order valence-corrected chi connectivity index (χ4v) is 5.41. The van der Waals surface area contributed by atoms with Crippen molar-refractivity contribution in [3.8, 4) is 0 Å². The normalized spacial score (nSPS) is 16.2. The molecule has 1 fully saturated rings. The van der Waals surface area contributed by atoms with Crippen LogP contribution in [0.1, 0.15) is 15.2 Å². The van der Waals surface area contributed by atoms with E-state index in [-0.39, 0.29) is 30.4 Å². The second-order valence-electron chi connectivity index (χ2n) is 6.38. The zero-order chi connectivity index (χ0) is 20.4. The van der Waals surface area contributed by atoms with Gasteiger partial charge in [0.05, 0.1) is 11.2 Å². The molecule has 0 bridgehead atoms. The van der Waals surface area contributed by atoms with Gasteiger partial charge in [0.25, 0.3) is 5.91 Å². The highest BCUT2D eigenvalue weighted by atomic mass is 32.2. The highest BCUT2D eigenvalue weighted by molar-refractivity contribution is 7.89. The molecule has 152 valence electrons. The van der Waals surface area contributed by atoms with E-state index in [0.29, 0.717) is 18.7 Å². The van der Waals surface area contributed by atoms with Crippen molar-refractivity contribution in [3.63, 3.8) is 0 Å². The van der Waals surface area contributed by atoms with E-state index in [2.05, 4.69) is 4.72 Å². The van der Waals surface area contributed by atoms with Gasteiger partial charge in [-0.25, -0.2) is 21.6 Å². The van der Waals surface area contributed by atoms with E-state index in [1.54, 1.807) is 4.90 Å². The van der Waals surface area contributed by atoms with Gasteiger partial charge in [-0.05, 0) is 35.7 Å². The minimum atomic E-state index is -3.67. The summed E-state index contributed by atoms with van der Waals surface area (Å²) in [6.07, 6.45) is 1.15. The lowest BCUT2D eigenvalue weighted by atomic mass is 10.2. The monoisotopic (exact) mass is 443 g/mol. The Morgan fingerprint density at radius 3 is 2.21 bits per heavy atom. The number of nitrogens with one attached hydrogen (secondary N) is 1. The maximum atomic E-state index is 12.6. The maximum Gasteiger partial charge on any atom is 0.253 e. The van der Waals surface area contributed by atoms with Crippen LogP contribution in [0.15, 0.2) is 46.7 Å². The SMILES string of the molecule is CS(=O)(=O)N1CCN(C(=O)c2ccc(S(=O)(=O)NCc3cccs3)cc2)CC1. The first-order chi connectivity index (χ1) is 13.2. The minimum Gasteiger partial charge on any atom is -0.336 e. The van der Waals surface area contributed by atoms with Crippen molar-refractivity contribution >= 4 is 37.3 Å². The number of benzene rings is 1. The Hall–Kier alpha value is -1.79. The van der Waals surface area contributed by atoms with E-state index in [4.69, 9.17) is 0 Å². The van der Waals surface area contributed by atoms with Crippen molar-refractivity contribution in [3.05, 3.63) is 52.2 Å². The van der Waals surface area contributed by atoms with Gasteiger partial charge in [0.2, 0.25) is 20.0 Å². The van der Waals surface area contributed by atoms with Gasteiger partial charge in [-0.1, -0.05) is 6.07 Å². The Bertz CT molecular complexity index is 1020. The van der Waals surface area contributed by atoms with Gasteiger partial charge in [-0.15, -0.1) is 11.3 Å². The van der Waals surface area contributed by atoms with Crippen molar-refractivity contribution in [1.82, 2.24) is 13.9 Å². The van der Waals surface area contributed by atoms with Crippen molar-refractivity contribution in [1.29, 1.82) is 0 Å². The summed E-state index contributed by atoms with van der Waals surface area (Å²) >= 11 is 1.46. The lowest BCUT2D eigenvalue weighted by Crippen LogP contribution is -2.50. The number of piperazine rings is 1. The average Bonchev–Trinajstić information content (AvgIpc) is 3.19. The van der Waals surface area contributed by atoms with Gasteiger partial charge in [0.1, 0.15) is 0 Å². The molecule has 2 aromatic rings. The summed E-state index contributed by atoms with van der Waals surface area (Å²) in [5, 5.41) is 1.87. The molecule has 3 rings (SSSR count). The number of hydrogen-bond donors (Lipinski definition) is 1. The second kappa shape index (κ2) is 8.29. The third kappa shape index (κ3) is 4.97. The summed E-state index contributed by atoms with van der Waals surface area (Å²) in [5.74, 6) is -0.247. The largest absolute Gasteiger partial charge is 0.336 e. The van der Waals surface area contributed by atoms with Crippen molar-refractivity contribution < 1.29 is 21.6 Å². The van der Waals surface area contributed by atoms with E-state index in [0.717, 1.165) is 11.1 Å². The molecule has 0 saturated carbocycles. The number of sulfonamides is 2. The molecule has 1 aliphatic heterocycles.